The maximum atomic E-state index is 13.4. The van der Waals surface area contributed by atoms with Crippen LogP contribution < -0.4 is 5.73 Å². The summed E-state index contributed by atoms with van der Waals surface area (Å²) in [5, 5.41) is 8.51. The normalized spacial score (nSPS) is 9.50. The average Bonchev–Trinajstić information content (AvgIpc) is 2.18. The Kier molecular flexibility index (Phi) is 3.05. The Labute approximate surface area is 84.9 Å². The number of nitrogen functional groups attached to an aromatic ring is 1. The summed E-state index contributed by atoms with van der Waals surface area (Å²) >= 11 is 5.27. The number of nitriles is 1. The van der Waals surface area contributed by atoms with E-state index in [1.165, 1.54) is 12.1 Å². The van der Waals surface area contributed by atoms with Gasteiger partial charge >= 0.3 is 0 Å². The van der Waals surface area contributed by atoms with Crippen LogP contribution in [0.2, 0.25) is 0 Å². The van der Waals surface area contributed by atoms with Crippen LogP contribution in [-0.4, -0.2) is 11.7 Å². The summed E-state index contributed by atoms with van der Waals surface area (Å²) in [6.07, 6.45) is 0. The highest BCUT2D eigenvalue weighted by molar-refractivity contribution is 6.31. The number of anilines is 1. The molecule has 0 bridgehead atoms. The molecule has 0 aliphatic rings. The van der Waals surface area contributed by atoms with Crippen molar-refractivity contribution in [3.63, 3.8) is 0 Å². The SMILES string of the molecule is N#Cc1ccc(N)c(C(=O)CCl)c1F. The largest absolute Gasteiger partial charge is 0.398 e. The van der Waals surface area contributed by atoms with Gasteiger partial charge in [0.1, 0.15) is 6.07 Å². The molecule has 2 N–H and O–H groups in total. The van der Waals surface area contributed by atoms with Gasteiger partial charge in [-0.3, -0.25) is 4.79 Å². The molecule has 14 heavy (non-hydrogen) atoms. The standard InChI is InChI=1S/C9H6ClFN2O/c10-3-7(14)8-6(13)2-1-5(4-12)9(8)11/h1-2H,3,13H2. The molecule has 1 aromatic rings. The third-order valence-electron chi connectivity index (χ3n) is 1.69. The number of ketones is 1. The summed E-state index contributed by atoms with van der Waals surface area (Å²) in [7, 11) is 0. The van der Waals surface area contributed by atoms with Crippen molar-refractivity contribution in [2.75, 3.05) is 11.6 Å². The van der Waals surface area contributed by atoms with Crippen molar-refractivity contribution in [2.45, 2.75) is 0 Å². The Morgan fingerprint density at radius 1 is 1.64 bits per heavy atom. The summed E-state index contributed by atoms with van der Waals surface area (Å²) < 4.78 is 13.4. The van der Waals surface area contributed by atoms with Crippen LogP contribution in [0.4, 0.5) is 10.1 Å². The van der Waals surface area contributed by atoms with Gasteiger partial charge in [0.2, 0.25) is 0 Å². The van der Waals surface area contributed by atoms with Crippen LogP contribution in [0, 0.1) is 17.1 Å². The molecule has 0 radical (unpaired) electrons. The number of Topliss-reactive ketones (excluding diaryl/α,β-unsaturated/α-hetero) is 1. The minimum absolute atomic E-state index is 0.00727. The molecule has 0 saturated carbocycles. The van der Waals surface area contributed by atoms with E-state index in [0.29, 0.717) is 0 Å². The van der Waals surface area contributed by atoms with Crippen molar-refractivity contribution >= 4 is 23.1 Å². The third kappa shape index (κ3) is 1.68. The second-order valence-corrected chi connectivity index (χ2v) is 2.83. The number of hydrogen-bond acceptors (Lipinski definition) is 3. The van der Waals surface area contributed by atoms with E-state index in [-0.39, 0.29) is 22.7 Å². The predicted octanol–water partition coefficient (Wildman–Crippen LogP) is 1.70. The number of nitrogens with two attached hydrogens (primary N) is 1. The van der Waals surface area contributed by atoms with Crippen LogP contribution in [-0.2, 0) is 0 Å². The monoisotopic (exact) mass is 212 g/mol. The fraction of sp³-hybridized carbons (Fsp3) is 0.111. The lowest BCUT2D eigenvalue weighted by atomic mass is 10.1. The zero-order valence-electron chi connectivity index (χ0n) is 7.05. The van der Waals surface area contributed by atoms with Gasteiger partial charge in [0.05, 0.1) is 17.0 Å². The molecular formula is C9H6ClFN2O. The summed E-state index contributed by atoms with van der Waals surface area (Å²) in [5.74, 6) is -1.90. The van der Waals surface area contributed by atoms with E-state index in [2.05, 4.69) is 0 Å². The fourth-order valence-electron chi connectivity index (χ4n) is 1.03. The van der Waals surface area contributed by atoms with Gasteiger partial charge in [-0.2, -0.15) is 5.26 Å². The van der Waals surface area contributed by atoms with Gasteiger partial charge in [0.15, 0.2) is 11.6 Å². The molecule has 72 valence electrons. The number of benzene rings is 1. The molecule has 0 fully saturated rings. The van der Waals surface area contributed by atoms with Crippen molar-refractivity contribution in [3.05, 3.63) is 29.1 Å². The lowest BCUT2D eigenvalue weighted by Crippen LogP contribution is -2.09. The summed E-state index contributed by atoms with van der Waals surface area (Å²) in [4.78, 5) is 11.2. The van der Waals surface area contributed by atoms with Crippen molar-refractivity contribution in [1.29, 1.82) is 5.26 Å². The number of nitrogens with zero attached hydrogens (tertiary/aromatic N) is 1. The topological polar surface area (TPSA) is 66.9 Å². The van der Waals surface area contributed by atoms with Crippen molar-refractivity contribution in [3.8, 4) is 6.07 Å². The molecule has 0 amide bonds. The van der Waals surface area contributed by atoms with E-state index >= 15 is 0 Å². The first-order chi connectivity index (χ1) is 6.61. The maximum Gasteiger partial charge on any atom is 0.182 e. The van der Waals surface area contributed by atoms with Gasteiger partial charge < -0.3 is 5.73 Å². The zero-order chi connectivity index (χ0) is 10.7. The lowest BCUT2D eigenvalue weighted by molar-refractivity contribution is 0.101. The molecule has 0 unspecified atom stereocenters. The van der Waals surface area contributed by atoms with Gasteiger partial charge in [-0.05, 0) is 12.1 Å². The Morgan fingerprint density at radius 2 is 2.29 bits per heavy atom. The molecule has 0 heterocycles. The summed E-state index contributed by atoms with van der Waals surface area (Å²) in [5.41, 5.74) is 4.86. The smallest absolute Gasteiger partial charge is 0.182 e. The van der Waals surface area contributed by atoms with Crippen molar-refractivity contribution in [2.24, 2.45) is 0 Å². The van der Waals surface area contributed by atoms with Crippen LogP contribution in [0.3, 0.4) is 0 Å². The van der Waals surface area contributed by atoms with Gasteiger partial charge in [-0.15, -0.1) is 11.6 Å². The van der Waals surface area contributed by atoms with E-state index in [4.69, 9.17) is 22.6 Å². The molecule has 0 atom stereocenters. The van der Waals surface area contributed by atoms with Crippen LogP contribution in [0.5, 0.6) is 0 Å². The van der Waals surface area contributed by atoms with E-state index in [0.717, 1.165) is 0 Å². The first-order valence-corrected chi connectivity index (χ1v) is 4.22. The second-order valence-electron chi connectivity index (χ2n) is 2.56. The fourth-order valence-corrected chi connectivity index (χ4v) is 1.16. The Balaban J connectivity index is 3.42. The van der Waals surface area contributed by atoms with Crippen LogP contribution in [0.25, 0.3) is 0 Å². The highest BCUT2D eigenvalue weighted by Gasteiger charge is 2.17. The van der Waals surface area contributed by atoms with Gasteiger partial charge in [-0.1, -0.05) is 0 Å². The number of carbonyl (C=O) groups is 1. The minimum Gasteiger partial charge on any atom is -0.398 e. The predicted molar refractivity (Wildman–Crippen MR) is 50.6 cm³/mol. The second kappa shape index (κ2) is 4.07. The molecule has 5 heteroatoms. The number of alkyl halides is 1. The van der Waals surface area contributed by atoms with E-state index in [9.17, 15) is 9.18 Å². The molecule has 1 aromatic carbocycles. The van der Waals surface area contributed by atoms with Crippen LogP contribution >= 0.6 is 11.6 Å². The Hall–Kier alpha value is -1.60. The van der Waals surface area contributed by atoms with Crippen molar-refractivity contribution < 1.29 is 9.18 Å². The molecule has 0 saturated heterocycles. The van der Waals surface area contributed by atoms with E-state index in [1.807, 2.05) is 0 Å². The molecule has 0 aromatic heterocycles. The van der Waals surface area contributed by atoms with Crippen LogP contribution in [0.15, 0.2) is 12.1 Å². The molecule has 3 nitrogen and oxygen atoms in total. The van der Waals surface area contributed by atoms with Gasteiger partial charge in [-0.25, -0.2) is 4.39 Å². The van der Waals surface area contributed by atoms with E-state index < -0.39 is 11.6 Å². The number of hydrogen-bond donors (Lipinski definition) is 1. The number of rotatable bonds is 2. The summed E-state index contributed by atoms with van der Waals surface area (Å²) in [6.45, 7) is 0. The first kappa shape index (κ1) is 10.5. The molecule has 0 aliphatic carbocycles. The first-order valence-electron chi connectivity index (χ1n) is 3.69. The number of halogens is 2. The van der Waals surface area contributed by atoms with E-state index in [1.54, 1.807) is 6.07 Å². The molecule has 0 aliphatic heterocycles. The van der Waals surface area contributed by atoms with Crippen LogP contribution in [0.1, 0.15) is 15.9 Å². The number of carbonyl (C=O) groups excluding carboxylic acids is 1. The van der Waals surface area contributed by atoms with Gasteiger partial charge in [0, 0.05) is 5.69 Å². The highest BCUT2D eigenvalue weighted by atomic mass is 35.5. The molecular weight excluding hydrogens is 207 g/mol. The molecule has 0 spiro atoms. The minimum atomic E-state index is -0.904. The third-order valence-corrected chi connectivity index (χ3v) is 1.94. The Morgan fingerprint density at radius 3 is 2.79 bits per heavy atom. The van der Waals surface area contributed by atoms with Gasteiger partial charge in [0.25, 0.3) is 0 Å². The Bertz CT molecular complexity index is 426. The maximum absolute atomic E-state index is 13.4. The highest BCUT2D eigenvalue weighted by Crippen LogP contribution is 2.20. The average molecular weight is 213 g/mol. The lowest BCUT2D eigenvalue weighted by Gasteiger charge is -2.04. The summed E-state index contributed by atoms with van der Waals surface area (Å²) in [6, 6.07) is 4.14. The quantitative estimate of drug-likeness (QED) is 0.461. The van der Waals surface area contributed by atoms with Crippen molar-refractivity contribution in [1.82, 2.24) is 0 Å². The molecule has 1 rings (SSSR count). The zero-order valence-corrected chi connectivity index (χ0v) is 7.81.